The van der Waals surface area contributed by atoms with Gasteiger partial charge < -0.3 is 5.11 Å². The van der Waals surface area contributed by atoms with Gasteiger partial charge in [-0.3, -0.25) is 4.72 Å². The molecule has 0 heterocycles. The zero-order chi connectivity index (χ0) is 14.8. The van der Waals surface area contributed by atoms with Crippen LogP contribution in [0.15, 0.2) is 51.8 Å². The predicted octanol–water partition coefficient (Wildman–Crippen LogP) is 3.05. The highest BCUT2D eigenvalue weighted by molar-refractivity contribution is 9.10. The predicted molar refractivity (Wildman–Crippen MR) is 82.1 cm³/mol. The monoisotopic (exact) mass is 355 g/mol. The van der Waals surface area contributed by atoms with Crippen molar-refractivity contribution >= 4 is 31.6 Å². The molecule has 4 nitrogen and oxygen atoms in total. The van der Waals surface area contributed by atoms with Crippen molar-refractivity contribution in [3.05, 3.63) is 58.1 Å². The summed E-state index contributed by atoms with van der Waals surface area (Å²) in [6.45, 7) is 1.49. The van der Waals surface area contributed by atoms with Gasteiger partial charge in [0.05, 0.1) is 11.5 Å². The van der Waals surface area contributed by atoms with Crippen LogP contribution in [0.2, 0.25) is 0 Å². The molecule has 0 amide bonds. The number of anilines is 1. The number of rotatable bonds is 4. The van der Waals surface area contributed by atoms with Gasteiger partial charge in [0, 0.05) is 10.2 Å². The molecule has 6 heteroatoms. The molecule has 0 bridgehead atoms. The van der Waals surface area contributed by atoms with Gasteiger partial charge in [0.25, 0.3) is 10.0 Å². The molecule has 0 saturated heterocycles. The Morgan fingerprint density at radius 3 is 2.55 bits per heavy atom. The number of benzene rings is 2. The SMILES string of the molecule is Cc1c(CO)cccc1S(=O)(=O)Nc1cccc(Br)c1. The molecule has 0 unspecified atom stereocenters. The number of sulfonamides is 1. The van der Waals surface area contributed by atoms with Crippen LogP contribution in [0.25, 0.3) is 0 Å². The first-order valence-corrected chi connectivity index (χ1v) is 8.19. The number of hydrogen-bond acceptors (Lipinski definition) is 3. The van der Waals surface area contributed by atoms with Crippen LogP contribution in [0.1, 0.15) is 11.1 Å². The van der Waals surface area contributed by atoms with E-state index in [1.54, 1.807) is 37.3 Å². The Morgan fingerprint density at radius 1 is 1.20 bits per heavy atom. The summed E-state index contributed by atoms with van der Waals surface area (Å²) in [6.07, 6.45) is 0. The van der Waals surface area contributed by atoms with Gasteiger partial charge in [0.2, 0.25) is 0 Å². The maximum Gasteiger partial charge on any atom is 0.262 e. The third kappa shape index (κ3) is 3.20. The summed E-state index contributed by atoms with van der Waals surface area (Å²) >= 11 is 3.30. The lowest BCUT2D eigenvalue weighted by Gasteiger charge is -2.12. The molecule has 0 aromatic heterocycles. The largest absolute Gasteiger partial charge is 0.392 e. The van der Waals surface area contributed by atoms with E-state index in [1.807, 2.05) is 6.07 Å². The van der Waals surface area contributed by atoms with Crippen LogP contribution < -0.4 is 4.72 Å². The number of aliphatic hydroxyl groups excluding tert-OH is 1. The quantitative estimate of drug-likeness (QED) is 0.885. The van der Waals surface area contributed by atoms with Crippen molar-refractivity contribution in [2.45, 2.75) is 18.4 Å². The lowest BCUT2D eigenvalue weighted by molar-refractivity contribution is 0.280. The molecular formula is C14H14BrNO3S. The summed E-state index contributed by atoms with van der Waals surface area (Å²) in [7, 11) is -3.68. The topological polar surface area (TPSA) is 66.4 Å². The first-order valence-electron chi connectivity index (χ1n) is 5.92. The van der Waals surface area contributed by atoms with Crippen LogP contribution in [0.5, 0.6) is 0 Å². The Balaban J connectivity index is 2.41. The van der Waals surface area contributed by atoms with Gasteiger partial charge in [-0.2, -0.15) is 0 Å². The lowest BCUT2D eigenvalue weighted by atomic mass is 10.1. The molecule has 0 atom stereocenters. The number of nitrogens with one attached hydrogen (secondary N) is 1. The van der Waals surface area contributed by atoms with Gasteiger partial charge in [-0.15, -0.1) is 0 Å². The van der Waals surface area contributed by atoms with E-state index in [9.17, 15) is 13.5 Å². The molecule has 0 aliphatic rings. The molecule has 0 aliphatic carbocycles. The van der Waals surface area contributed by atoms with Gasteiger partial charge in [0.1, 0.15) is 0 Å². The summed E-state index contributed by atoms with van der Waals surface area (Å²) in [6, 6.07) is 11.8. The first-order chi connectivity index (χ1) is 9.44. The highest BCUT2D eigenvalue weighted by Crippen LogP contribution is 2.23. The highest BCUT2D eigenvalue weighted by Gasteiger charge is 2.18. The van der Waals surface area contributed by atoms with Crippen molar-refractivity contribution in [1.29, 1.82) is 0 Å². The van der Waals surface area contributed by atoms with E-state index in [0.29, 0.717) is 16.8 Å². The summed E-state index contributed by atoms with van der Waals surface area (Å²) < 4.78 is 28.1. The van der Waals surface area contributed by atoms with Crippen molar-refractivity contribution < 1.29 is 13.5 Å². The van der Waals surface area contributed by atoms with Crippen molar-refractivity contribution in [3.8, 4) is 0 Å². The Kier molecular flexibility index (Phi) is 4.47. The lowest BCUT2D eigenvalue weighted by Crippen LogP contribution is -2.15. The van der Waals surface area contributed by atoms with Crippen molar-refractivity contribution in [3.63, 3.8) is 0 Å². The standard InChI is InChI=1S/C14H14BrNO3S/c1-10-11(9-17)4-2-7-14(10)20(18,19)16-13-6-3-5-12(15)8-13/h2-8,16-17H,9H2,1H3. The molecule has 106 valence electrons. The van der Waals surface area contributed by atoms with E-state index in [4.69, 9.17) is 0 Å². The van der Waals surface area contributed by atoms with Gasteiger partial charge in [-0.25, -0.2) is 8.42 Å². The van der Waals surface area contributed by atoms with E-state index in [0.717, 1.165) is 4.47 Å². The summed E-state index contributed by atoms with van der Waals surface area (Å²) in [5.74, 6) is 0. The van der Waals surface area contributed by atoms with Crippen LogP contribution in [0, 0.1) is 6.92 Å². The van der Waals surface area contributed by atoms with Crippen molar-refractivity contribution in [2.75, 3.05) is 4.72 Å². The fourth-order valence-corrected chi connectivity index (χ4v) is 3.62. The fourth-order valence-electron chi connectivity index (χ4n) is 1.88. The van der Waals surface area contributed by atoms with Crippen LogP contribution >= 0.6 is 15.9 Å². The Morgan fingerprint density at radius 2 is 1.90 bits per heavy atom. The number of aliphatic hydroxyl groups is 1. The minimum absolute atomic E-state index is 0.170. The Hall–Kier alpha value is -1.37. The molecule has 2 aromatic rings. The van der Waals surface area contributed by atoms with Gasteiger partial charge in [-0.05, 0) is 42.3 Å². The normalized spacial score (nSPS) is 11.3. The van der Waals surface area contributed by atoms with Gasteiger partial charge in [0.15, 0.2) is 0 Å². The smallest absolute Gasteiger partial charge is 0.262 e. The zero-order valence-electron chi connectivity index (χ0n) is 10.8. The average molecular weight is 356 g/mol. The fraction of sp³-hybridized carbons (Fsp3) is 0.143. The third-order valence-corrected chi connectivity index (χ3v) is 4.95. The number of halogens is 1. The van der Waals surface area contributed by atoms with Crippen LogP contribution in [-0.4, -0.2) is 13.5 Å². The maximum atomic E-state index is 12.4. The molecule has 0 saturated carbocycles. The van der Waals surface area contributed by atoms with E-state index in [2.05, 4.69) is 20.7 Å². The molecule has 0 fully saturated rings. The Labute approximate surface area is 126 Å². The second kappa shape index (κ2) is 5.95. The zero-order valence-corrected chi connectivity index (χ0v) is 13.2. The van der Waals surface area contributed by atoms with E-state index < -0.39 is 10.0 Å². The highest BCUT2D eigenvalue weighted by atomic mass is 79.9. The molecular weight excluding hydrogens is 342 g/mol. The summed E-state index contributed by atoms with van der Waals surface area (Å²) in [5.41, 5.74) is 1.63. The van der Waals surface area contributed by atoms with E-state index >= 15 is 0 Å². The second-order valence-corrected chi connectivity index (χ2v) is 6.88. The number of hydrogen-bond donors (Lipinski definition) is 2. The minimum atomic E-state index is -3.68. The van der Waals surface area contributed by atoms with E-state index in [-0.39, 0.29) is 11.5 Å². The van der Waals surface area contributed by atoms with Gasteiger partial charge >= 0.3 is 0 Å². The molecule has 2 aromatic carbocycles. The third-order valence-electron chi connectivity index (χ3n) is 2.93. The van der Waals surface area contributed by atoms with Crippen molar-refractivity contribution in [2.24, 2.45) is 0 Å². The van der Waals surface area contributed by atoms with Crippen molar-refractivity contribution in [1.82, 2.24) is 0 Å². The second-order valence-electron chi connectivity index (χ2n) is 4.31. The van der Waals surface area contributed by atoms with Crippen LogP contribution in [-0.2, 0) is 16.6 Å². The maximum absolute atomic E-state index is 12.4. The average Bonchev–Trinajstić information content (AvgIpc) is 2.38. The van der Waals surface area contributed by atoms with Crippen LogP contribution in [0.4, 0.5) is 5.69 Å². The molecule has 0 aliphatic heterocycles. The van der Waals surface area contributed by atoms with Gasteiger partial charge in [-0.1, -0.05) is 34.1 Å². The van der Waals surface area contributed by atoms with E-state index in [1.165, 1.54) is 6.07 Å². The molecule has 20 heavy (non-hydrogen) atoms. The first kappa shape index (κ1) is 15.0. The summed E-state index contributed by atoms with van der Waals surface area (Å²) in [5, 5.41) is 9.21. The molecule has 2 rings (SSSR count). The van der Waals surface area contributed by atoms with Crippen LogP contribution in [0.3, 0.4) is 0 Å². The molecule has 0 spiro atoms. The summed E-state index contributed by atoms with van der Waals surface area (Å²) in [4.78, 5) is 0.170. The molecule has 0 radical (unpaired) electrons. The minimum Gasteiger partial charge on any atom is -0.392 e. The Bertz CT molecular complexity index is 729. The molecule has 2 N–H and O–H groups in total.